The summed E-state index contributed by atoms with van der Waals surface area (Å²) in [5, 5.41) is 8.85. The van der Waals surface area contributed by atoms with E-state index in [9.17, 15) is 4.79 Å². The SMILES string of the molecule is CCN1CC(CN(C)c2cccc(C#N)n2)CC1=O. The van der Waals surface area contributed by atoms with Crippen LogP contribution in [0.25, 0.3) is 0 Å². The molecule has 0 bridgehead atoms. The molecule has 1 aromatic rings. The van der Waals surface area contributed by atoms with Gasteiger partial charge in [-0.15, -0.1) is 0 Å². The van der Waals surface area contributed by atoms with Crippen molar-refractivity contribution in [1.29, 1.82) is 5.26 Å². The molecular formula is C14H18N4O. The molecule has 1 fully saturated rings. The van der Waals surface area contributed by atoms with E-state index in [1.54, 1.807) is 6.07 Å². The lowest BCUT2D eigenvalue weighted by Crippen LogP contribution is -2.29. The Kier molecular flexibility index (Phi) is 4.00. The Morgan fingerprint density at radius 3 is 3.00 bits per heavy atom. The van der Waals surface area contributed by atoms with Crippen molar-refractivity contribution in [1.82, 2.24) is 9.88 Å². The Hall–Kier alpha value is -2.09. The van der Waals surface area contributed by atoms with Gasteiger partial charge >= 0.3 is 0 Å². The van der Waals surface area contributed by atoms with E-state index in [-0.39, 0.29) is 5.91 Å². The highest BCUT2D eigenvalue weighted by Crippen LogP contribution is 2.20. The molecule has 1 amide bonds. The third-order valence-corrected chi connectivity index (χ3v) is 3.45. The molecule has 1 unspecified atom stereocenters. The molecule has 1 aliphatic heterocycles. The number of anilines is 1. The molecule has 0 radical (unpaired) electrons. The number of rotatable bonds is 4. The van der Waals surface area contributed by atoms with Crippen LogP contribution in [0, 0.1) is 17.2 Å². The van der Waals surface area contributed by atoms with E-state index in [0.717, 1.165) is 25.5 Å². The first-order valence-corrected chi connectivity index (χ1v) is 6.50. The van der Waals surface area contributed by atoms with Gasteiger partial charge in [-0.25, -0.2) is 4.98 Å². The molecular weight excluding hydrogens is 240 g/mol. The van der Waals surface area contributed by atoms with Crippen LogP contribution in [0.3, 0.4) is 0 Å². The van der Waals surface area contributed by atoms with Crippen LogP contribution < -0.4 is 4.90 Å². The third-order valence-electron chi connectivity index (χ3n) is 3.45. The molecule has 1 atom stereocenters. The Bertz CT molecular complexity index is 508. The summed E-state index contributed by atoms with van der Waals surface area (Å²) in [5.74, 6) is 1.35. The molecule has 5 nitrogen and oxygen atoms in total. The number of pyridine rings is 1. The normalized spacial score (nSPS) is 18.5. The van der Waals surface area contributed by atoms with Crippen LogP contribution in [0.5, 0.6) is 0 Å². The molecule has 0 spiro atoms. The van der Waals surface area contributed by atoms with E-state index in [0.29, 0.717) is 18.0 Å². The van der Waals surface area contributed by atoms with Crippen LogP contribution in [0.15, 0.2) is 18.2 Å². The second kappa shape index (κ2) is 5.70. The minimum atomic E-state index is 0.236. The number of aromatic nitrogens is 1. The van der Waals surface area contributed by atoms with Crippen molar-refractivity contribution in [2.45, 2.75) is 13.3 Å². The molecule has 100 valence electrons. The summed E-state index contributed by atoms with van der Waals surface area (Å²) in [4.78, 5) is 19.8. The van der Waals surface area contributed by atoms with E-state index in [1.807, 2.05) is 42.0 Å². The molecule has 1 aromatic heterocycles. The zero-order chi connectivity index (χ0) is 13.8. The van der Waals surface area contributed by atoms with Crippen molar-refractivity contribution in [3.8, 4) is 6.07 Å². The van der Waals surface area contributed by atoms with Gasteiger partial charge < -0.3 is 9.80 Å². The van der Waals surface area contributed by atoms with Crippen LogP contribution in [0.2, 0.25) is 0 Å². The second-order valence-corrected chi connectivity index (χ2v) is 4.88. The van der Waals surface area contributed by atoms with Gasteiger partial charge in [0.15, 0.2) is 0 Å². The summed E-state index contributed by atoms with van der Waals surface area (Å²) >= 11 is 0. The zero-order valence-electron chi connectivity index (χ0n) is 11.3. The lowest BCUT2D eigenvalue weighted by molar-refractivity contribution is -0.127. The number of likely N-dealkylation sites (tertiary alicyclic amines) is 1. The molecule has 0 aliphatic carbocycles. The summed E-state index contributed by atoms with van der Waals surface area (Å²) in [5.41, 5.74) is 0.419. The van der Waals surface area contributed by atoms with Gasteiger partial charge in [-0.2, -0.15) is 5.26 Å². The predicted octanol–water partition coefficient (Wildman–Crippen LogP) is 1.26. The zero-order valence-corrected chi connectivity index (χ0v) is 11.3. The quantitative estimate of drug-likeness (QED) is 0.815. The summed E-state index contributed by atoms with van der Waals surface area (Å²) in [6.45, 7) is 4.38. The van der Waals surface area contributed by atoms with Crippen LogP contribution in [-0.2, 0) is 4.79 Å². The van der Waals surface area contributed by atoms with Crippen molar-refractivity contribution < 1.29 is 4.79 Å². The molecule has 0 aromatic carbocycles. The van der Waals surface area contributed by atoms with Crippen molar-refractivity contribution >= 4 is 11.7 Å². The van der Waals surface area contributed by atoms with E-state index in [2.05, 4.69) is 4.98 Å². The first-order chi connectivity index (χ1) is 9.13. The van der Waals surface area contributed by atoms with E-state index in [1.165, 1.54) is 0 Å². The van der Waals surface area contributed by atoms with Gasteiger partial charge in [-0.3, -0.25) is 4.79 Å². The average molecular weight is 258 g/mol. The number of nitrogens with zero attached hydrogens (tertiary/aromatic N) is 4. The van der Waals surface area contributed by atoms with Gasteiger partial charge in [0.1, 0.15) is 17.6 Å². The van der Waals surface area contributed by atoms with E-state index < -0.39 is 0 Å². The highest BCUT2D eigenvalue weighted by Gasteiger charge is 2.29. The number of amides is 1. The molecule has 1 aliphatic rings. The fourth-order valence-corrected chi connectivity index (χ4v) is 2.46. The Morgan fingerprint density at radius 1 is 1.58 bits per heavy atom. The first-order valence-electron chi connectivity index (χ1n) is 6.50. The maximum atomic E-state index is 11.7. The fourth-order valence-electron chi connectivity index (χ4n) is 2.46. The van der Waals surface area contributed by atoms with Gasteiger partial charge in [-0.05, 0) is 19.1 Å². The number of hydrogen-bond donors (Lipinski definition) is 0. The largest absolute Gasteiger partial charge is 0.359 e. The van der Waals surface area contributed by atoms with Crippen LogP contribution in [0.1, 0.15) is 19.0 Å². The molecule has 1 saturated heterocycles. The standard InChI is InChI=1S/C14H18N4O/c1-3-18-10-11(7-14(18)19)9-17(2)13-6-4-5-12(8-15)16-13/h4-6,11H,3,7,9-10H2,1-2H3. The van der Waals surface area contributed by atoms with Gasteiger partial charge in [0, 0.05) is 39.0 Å². The Labute approximate surface area is 113 Å². The summed E-state index contributed by atoms with van der Waals surface area (Å²) in [6, 6.07) is 7.44. The van der Waals surface area contributed by atoms with Crippen LogP contribution in [-0.4, -0.2) is 42.5 Å². The number of hydrogen-bond acceptors (Lipinski definition) is 4. The molecule has 19 heavy (non-hydrogen) atoms. The van der Waals surface area contributed by atoms with Crippen molar-refractivity contribution in [3.05, 3.63) is 23.9 Å². The highest BCUT2D eigenvalue weighted by molar-refractivity contribution is 5.78. The van der Waals surface area contributed by atoms with Gasteiger partial charge in [0.25, 0.3) is 0 Å². The van der Waals surface area contributed by atoms with Gasteiger partial charge in [0.05, 0.1) is 0 Å². The smallest absolute Gasteiger partial charge is 0.222 e. The maximum absolute atomic E-state index is 11.7. The Balaban J connectivity index is 2.00. The first kappa shape index (κ1) is 13.3. The summed E-state index contributed by atoms with van der Waals surface area (Å²) < 4.78 is 0. The highest BCUT2D eigenvalue weighted by atomic mass is 16.2. The number of nitriles is 1. The predicted molar refractivity (Wildman–Crippen MR) is 72.6 cm³/mol. The summed E-state index contributed by atoms with van der Waals surface area (Å²) in [6.07, 6.45) is 0.607. The van der Waals surface area contributed by atoms with E-state index >= 15 is 0 Å². The van der Waals surface area contributed by atoms with Crippen LogP contribution in [0.4, 0.5) is 5.82 Å². The molecule has 5 heteroatoms. The topological polar surface area (TPSA) is 60.2 Å². The second-order valence-electron chi connectivity index (χ2n) is 4.88. The molecule has 2 rings (SSSR count). The molecule has 0 saturated carbocycles. The minimum absolute atomic E-state index is 0.236. The maximum Gasteiger partial charge on any atom is 0.222 e. The van der Waals surface area contributed by atoms with Gasteiger partial charge in [0.2, 0.25) is 5.91 Å². The van der Waals surface area contributed by atoms with E-state index in [4.69, 9.17) is 5.26 Å². The molecule has 0 N–H and O–H groups in total. The van der Waals surface area contributed by atoms with Gasteiger partial charge in [-0.1, -0.05) is 6.07 Å². The van der Waals surface area contributed by atoms with Crippen molar-refractivity contribution in [3.63, 3.8) is 0 Å². The van der Waals surface area contributed by atoms with Crippen LogP contribution >= 0.6 is 0 Å². The summed E-state index contributed by atoms with van der Waals surface area (Å²) in [7, 11) is 1.95. The lowest BCUT2D eigenvalue weighted by atomic mass is 10.1. The number of carbonyl (C=O) groups is 1. The third kappa shape index (κ3) is 3.02. The van der Waals surface area contributed by atoms with Crippen molar-refractivity contribution in [2.75, 3.05) is 31.6 Å². The lowest BCUT2D eigenvalue weighted by Gasteiger charge is -2.22. The average Bonchev–Trinajstić information content (AvgIpc) is 2.78. The molecule has 2 heterocycles. The minimum Gasteiger partial charge on any atom is -0.359 e. The monoisotopic (exact) mass is 258 g/mol. The number of carbonyl (C=O) groups excluding carboxylic acids is 1. The van der Waals surface area contributed by atoms with Crippen molar-refractivity contribution in [2.24, 2.45) is 5.92 Å². The Morgan fingerprint density at radius 2 is 2.37 bits per heavy atom. The fraction of sp³-hybridized carbons (Fsp3) is 0.500.